The molecular formula is C29H36N4O2. The molecule has 0 atom stereocenters. The Morgan fingerprint density at radius 2 is 1.60 bits per heavy atom. The summed E-state index contributed by atoms with van der Waals surface area (Å²) in [5.74, 6) is 0.660. The third-order valence-electron chi connectivity index (χ3n) is 6.55. The Kier molecular flexibility index (Phi) is 7.69. The second-order valence-corrected chi connectivity index (χ2v) is 10.2. The molecule has 4 rings (SSSR count). The monoisotopic (exact) mass is 472 g/mol. The molecule has 6 heteroatoms. The normalized spacial score (nSPS) is 13.9. The van der Waals surface area contributed by atoms with Crippen LogP contribution in [-0.2, 0) is 9.59 Å². The molecule has 1 heterocycles. The number of hydrogen-bond donors (Lipinski definition) is 1. The summed E-state index contributed by atoms with van der Waals surface area (Å²) < 4.78 is 1.90. The van der Waals surface area contributed by atoms with Gasteiger partial charge in [-0.1, -0.05) is 74.2 Å². The van der Waals surface area contributed by atoms with Crippen molar-refractivity contribution >= 4 is 17.8 Å². The van der Waals surface area contributed by atoms with E-state index in [9.17, 15) is 9.59 Å². The molecule has 1 aliphatic rings. The lowest BCUT2D eigenvalue weighted by Gasteiger charge is -2.26. The van der Waals surface area contributed by atoms with Gasteiger partial charge in [0.05, 0.1) is 12.2 Å². The van der Waals surface area contributed by atoms with Crippen molar-refractivity contribution in [3.63, 3.8) is 0 Å². The molecule has 1 aliphatic carbocycles. The minimum Gasteiger partial charge on any atom is -0.333 e. The molecule has 0 spiro atoms. The highest BCUT2D eigenvalue weighted by Crippen LogP contribution is 2.28. The molecule has 0 unspecified atom stereocenters. The Morgan fingerprint density at radius 3 is 2.20 bits per heavy atom. The highest BCUT2D eigenvalue weighted by Gasteiger charge is 2.29. The topological polar surface area (TPSA) is 67.2 Å². The lowest BCUT2D eigenvalue weighted by Crippen LogP contribution is -2.43. The molecule has 0 aliphatic heterocycles. The zero-order valence-corrected chi connectivity index (χ0v) is 21.3. The maximum atomic E-state index is 13.2. The van der Waals surface area contributed by atoms with E-state index in [0.717, 1.165) is 48.2 Å². The van der Waals surface area contributed by atoms with Gasteiger partial charge in [-0.25, -0.2) is 4.98 Å². The Balaban J connectivity index is 1.59. The second-order valence-electron chi connectivity index (χ2n) is 10.2. The molecule has 1 N–H and O–H groups in total. The molecule has 1 fully saturated rings. The first kappa shape index (κ1) is 24.7. The zero-order valence-electron chi connectivity index (χ0n) is 21.3. The number of aryl methyl sites for hydroxylation is 2. The standard InChI is InChI=1S/C29H36N4O2/c1-20(2)17-32(28(35)24-7-5-6-8-24)19-27(34)31-29-30-26(23-13-9-21(3)10-14-23)18-33(29)25-15-11-22(4)12-16-25/h9-16,18,20,24H,5-8,17,19H2,1-4H3,(H,30,31,34). The summed E-state index contributed by atoms with van der Waals surface area (Å²) in [5.41, 5.74) is 5.01. The highest BCUT2D eigenvalue weighted by molar-refractivity contribution is 5.94. The van der Waals surface area contributed by atoms with Gasteiger partial charge in [-0.2, -0.15) is 0 Å². The molecule has 2 aromatic carbocycles. The van der Waals surface area contributed by atoms with E-state index in [1.165, 1.54) is 5.56 Å². The van der Waals surface area contributed by atoms with Crippen molar-refractivity contribution in [3.8, 4) is 16.9 Å². The van der Waals surface area contributed by atoms with Gasteiger partial charge < -0.3 is 4.90 Å². The average molecular weight is 473 g/mol. The summed E-state index contributed by atoms with van der Waals surface area (Å²) in [6.45, 7) is 8.85. The minimum absolute atomic E-state index is 0.0358. The molecule has 2 amide bonds. The van der Waals surface area contributed by atoms with Gasteiger partial charge in [0, 0.05) is 29.9 Å². The number of amides is 2. The first-order valence-corrected chi connectivity index (χ1v) is 12.6. The van der Waals surface area contributed by atoms with Gasteiger partial charge in [0.15, 0.2) is 0 Å². The number of rotatable bonds is 8. The van der Waals surface area contributed by atoms with Gasteiger partial charge in [0.1, 0.15) is 0 Å². The average Bonchev–Trinajstić information content (AvgIpc) is 3.50. The van der Waals surface area contributed by atoms with Crippen LogP contribution in [0.3, 0.4) is 0 Å². The summed E-state index contributed by atoms with van der Waals surface area (Å²) in [6, 6.07) is 16.3. The van der Waals surface area contributed by atoms with E-state index < -0.39 is 0 Å². The van der Waals surface area contributed by atoms with Gasteiger partial charge >= 0.3 is 0 Å². The Bertz CT molecular complexity index is 1160. The number of hydrogen-bond acceptors (Lipinski definition) is 3. The molecule has 6 nitrogen and oxygen atoms in total. The van der Waals surface area contributed by atoms with Crippen LogP contribution in [0.15, 0.2) is 54.7 Å². The number of carbonyl (C=O) groups excluding carboxylic acids is 2. The summed E-state index contributed by atoms with van der Waals surface area (Å²) >= 11 is 0. The Labute approximate surface area is 208 Å². The number of nitrogens with one attached hydrogen (secondary N) is 1. The van der Waals surface area contributed by atoms with E-state index in [0.29, 0.717) is 12.5 Å². The van der Waals surface area contributed by atoms with Crippen molar-refractivity contribution in [2.75, 3.05) is 18.4 Å². The lowest BCUT2D eigenvalue weighted by molar-refractivity contribution is -0.138. The van der Waals surface area contributed by atoms with E-state index in [1.807, 2.05) is 54.1 Å². The van der Waals surface area contributed by atoms with Gasteiger partial charge in [-0.15, -0.1) is 0 Å². The predicted octanol–water partition coefficient (Wildman–Crippen LogP) is 5.77. The van der Waals surface area contributed by atoms with Gasteiger partial charge in [0.2, 0.25) is 17.8 Å². The molecule has 0 bridgehead atoms. The summed E-state index contributed by atoms with van der Waals surface area (Å²) in [6.07, 6.45) is 5.97. The number of imidazole rings is 1. The van der Waals surface area contributed by atoms with Crippen molar-refractivity contribution in [1.82, 2.24) is 14.5 Å². The van der Waals surface area contributed by atoms with Crippen LogP contribution in [0.1, 0.15) is 50.7 Å². The smallest absolute Gasteiger partial charge is 0.246 e. The molecule has 184 valence electrons. The first-order valence-electron chi connectivity index (χ1n) is 12.6. The maximum absolute atomic E-state index is 13.2. The molecule has 1 aromatic heterocycles. The Hall–Kier alpha value is -3.41. The number of carbonyl (C=O) groups is 2. The third-order valence-corrected chi connectivity index (χ3v) is 6.55. The fourth-order valence-corrected chi connectivity index (χ4v) is 4.68. The minimum atomic E-state index is -0.230. The van der Waals surface area contributed by atoms with E-state index in [-0.39, 0.29) is 30.2 Å². The van der Waals surface area contributed by atoms with Crippen molar-refractivity contribution in [2.24, 2.45) is 11.8 Å². The molecule has 0 saturated heterocycles. The van der Waals surface area contributed by atoms with Crippen LogP contribution in [0.25, 0.3) is 16.9 Å². The summed E-state index contributed by atoms with van der Waals surface area (Å²) in [7, 11) is 0. The van der Waals surface area contributed by atoms with Gasteiger partial charge in [-0.05, 0) is 44.7 Å². The van der Waals surface area contributed by atoms with Crippen LogP contribution in [0.2, 0.25) is 0 Å². The van der Waals surface area contributed by atoms with E-state index >= 15 is 0 Å². The first-order chi connectivity index (χ1) is 16.8. The zero-order chi connectivity index (χ0) is 24.9. The molecule has 3 aromatic rings. The van der Waals surface area contributed by atoms with Crippen LogP contribution >= 0.6 is 0 Å². The molecule has 35 heavy (non-hydrogen) atoms. The predicted molar refractivity (Wildman–Crippen MR) is 140 cm³/mol. The third kappa shape index (κ3) is 6.18. The lowest BCUT2D eigenvalue weighted by atomic mass is 10.1. The van der Waals surface area contributed by atoms with Crippen molar-refractivity contribution in [2.45, 2.75) is 53.4 Å². The number of nitrogens with zero attached hydrogens (tertiary/aromatic N) is 3. The van der Waals surface area contributed by atoms with Gasteiger partial charge in [-0.3, -0.25) is 19.5 Å². The van der Waals surface area contributed by atoms with Gasteiger partial charge in [0.25, 0.3) is 0 Å². The van der Waals surface area contributed by atoms with Crippen molar-refractivity contribution in [1.29, 1.82) is 0 Å². The molecule has 0 radical (unpaired) electrons. The number of aromatic nitrogens is 2. The number of benzene rings is 2. The number of anilines is 1. The van der Waals surface area contributed by atoms with E-state index in [2.05, 4.69) is 38.2 Å². The Morgan fingerprint density at radius 1 is 1.00 bits per heavy atom. The van der Waals surface area contributed by atoms with Crippen molar-refractivity contribution < 1.29 is 9.59 Å². The molecular weight excluding hydrogens is 436 g/mol. The fraction of sp³-hybridized carbons (Fsp3) is 0.414. The van der Waals surface area contributed by atoms with Crippen LogP contribution in [0, 0.1) is 25.7 Å². The van der Waals surface area contributed by atoms with Crippen LogP contribution in [0.4, 0.5) is 5.95 Å². The summed E-state index contributed by atoms with van der Waals surface area (Å²) in [4.78, 5) is 32.8. The van der Waals surface area contributed by atoms with Crippen LogP contribution in [0.5, 0.6) is 0 Å². The quantitative estimate of drug-likeness (QED) is 0.453. The van der Waals surface area contributed by atoms with E-state index in [4.69, 9.17) is 4.98 Å². The second kappa shape index (κ2) is 10.9. The highest BCUT2D eigenvalue weighted by atomic mass is 16.2. The fourth-order valence-electron chi connectivity index (χ4n) is 4.68. The van der Waals surface area contributed by atoms with E-state index in [1.54, 1.807) is 4.90 Å². The summed E-state index contributed by atoms with van der Waals surface area (Å²) in [5, 5.41) is 2.99. The molecule has 1 saturated carbocycles. The van der Waals surface area contributed by atoms with Crippen LogP contribution < -0.4 is 5.32 Å². The van der Waals surface area contributed by atoms with Crippen molar-refractivity contribution in [3.05, 3.63) is 65.9 Å². The maximum Gasteiger partial charge on any atom is 0.246 e. The van der Waals surface area contributed by atoms with Crippen LogP contribution in [-0.4, -0.2) is 39.4 Å². The SMILES string of the molecule is Cc1ccc(-c2cn(-c3ccc(C)cc3)c(NC(=O)CN(CC(C)C)C(=O)C3CCCC3)n2)cc1. The largest absolute Gasteiger partial charge is 0.333 e.